The Kier molecular flexibility index (Phi) is 6.02. The molecule has 4 heteroatoms. The Labute approximate surface area is 127 Å². The first-order valence-corrected chi connectivity index (χ1v) is 8.63. The molecule has 1 aliphatic heterocycles. The molecule has 20 heavy (non-hydrogen) atoms. The van der Waals surface area contributed by atoms with Gasteiger partial charge in [-0.05, 0) is 50.7 Å². The first-order chi connectivity index (χ1) is 9.61. The van der Waals surface area contributed by atoms with E-state index in [4.69, 9.17) is 4.74 Å². The smallest absolute Gasteiger partial charge is 0.0897 e. The summed E-state index contributed by atoms with van der Waals surface area (Å²) in [6, 6.07) is 3.22. The second-order valence-electron chi connectivity index (χ2n) is 5.92. The molecule has 1 aromatic heterocycles. The molecule has 0 aromatic carbocycles. The molecule has 0 spiro atoms. The van der Waals surface area contributed by atoms with Crippen LogP contribution in [0.3, 0.4) is 0 Å². The van der Waals surface area contributed by atoms with Crippen molar-refractivity contribution in [2.45, 2.75) is 52.3 Å². The SMILES string of the molecule is CCCNC(c1csc(C)c1)C1CN(C(C)C)CCO1. The molecule has 114 valence electrons. The van der Waals surface area contributed by atoms with E-state index in [1.54, 1.807) is 0 Å². The summed E-state index contributed by atoms with van der Waals surface area (Å²) in [4.78, 5) is 3.90. The highest BCUT2D eigenvalue weighted by molar-refractivity contribution is 7.10. The number of aryl methyl sites for hydroxylation is 1. The van der Waals surface area contributed by atoms with Crippen LogP contribution in [0.2, 0.25) is 0 Å². The lowest BCUT2D eigenvalue weighted by molar-refractivity contribution is -0.0560. The van der Waals surface area contributed by atoms with Crippen molar-refractivity contribution in [3.63, 3.8) is 0 Å². The van der Waals surface area contributed by atoms with E-state index in [1.807, 2.05) is 11.3 Å². The van der Waals surface area contributed by atoms with Crippen LogP contribution < -0.4 is 5.32 Å². The Balaban J connectivity index is 2.09. The first-order valence-electron chi connectivity index (χ1n) is 7.76. The van der Waals surface area contributed by atoms with Gasteiger partial charge in [-0.25, -0.2) is 0 Å². The van der Waals surface area contributed by atoms with E-state index in [1.165, 1.54) is 10.4 Å². The summed E-state index contributed by atoms with van der Waals surface area (Å²) >= 11 is 1.83. The maximum atomic E-state index is 6.08. The van der Waals surface area contributed by atoms with E-state index in [-0.39, 0.29) is 6.10 Å². The molecule has 0 bridgehead atoms. The van der Waals surface area contributed by atoms with Crippen molar-refractivity contribution in [2.24, 2.45) is 0 Å². The molecule has 1 N–H and O–H groups in total. The molecule has 2 atom stereocenters. The average molecular weight is 296 g/mol. The van der Waals surface area contributed by atoms with Gasteiger partial charge in [-0.1, -0.05) is 6.92 Å². The van der Waals surface area contributed by atoms with E-state index in [9.17, 15) is 0 Å². The van der Waals surface area contributed by atoms with Crippen molar-refractivity contribution in [1.82, 2.24) is 10.2 Å². The zero-order valence-electron chi connectivity index (χ0n) is 13.2. The average Bonchev–Trinajstić information content (AvgIpc) is 2.86. The molecule has 0 saturated carbocycles. The molecule has 2 heterocycles. The van der Waals surface area contributed by atoms with Gasteiger partial charge in [0.25, 0.3) is 0 Å². The first kappa shape index (κ1) is 16.0. The fraction of sp³-hybridized carbons (Fsp3) is 0.750. The van der Waals surface area contributed by atoms with Gasteiger partial charge in [0.15, 0.2) is 0 Å². The fourth-order valence-corrected chi connectivity index (χ4v) is 3.50. The van der Waals surface area contributed by atoms with Crippen LogP contribution >= 0.6 is 11.3 Å². The number of hydrogen-bond acceptors (Lipinski definition) is 4. The number of hydrogen-bond donors (Lipinski definition) is 1. The summed E-state index contributed by atoms with van der Waals surface area (Å²) in [5, 5.41) is 5.96. The minimum Gasteiger partial charge on any atom is -0.374 e. The minimum atomic E-state index is 0.256. The Hall–Kier alpha value is -0.420. The van der Waals surface area contributed by atoms with E-state index in [2.05, 4.69) is 49.4 Å². The van der Waals surface area contributed by atoms with Crippen LogP contribution in [0.15, 0.2) is 11.4 Å². The van der Waals surface area contributed by atoms with Crippen LogP contribution in [-0.2, 0) is 4.74 Å². The predicted molar refractivity (Wildman–Crippen MR) is 86.5 cm³/mol. The van der Waals surface area contributed by atoms with Crippen molar-refractivity contribution in [2.75, 3.05) is 26.2 Å². The number of thiophene rings is 1. The lowest BCUT2D eigenvalue weighted by Crippen LogP contribution is -2.50. The van der Waals surface area contributed by atoms with Crippen LogP contribution in [0, 0.1) is 6.92 Å². The number of rotatable bonds is 6. The maximum absolute atomic E-state index is 6.08. The Bertz CT molecular complexity index is 405. The summed E-state index contributed by atoms with van der Waals surface area (Å²) < 4.78 is 6.08. The van der Waals surface area contributed by atoms with Gasteiger partial charge in [0.1, 0.15) is 0 Å². The van der Waals surface area contributed by atoms with Crippen molar-refractivity contribution in [3.8, 4) is 0 Å². The normalized spacial score (nSPS) is 22.4. The highest BCUT2D eigenvalue weighted by Crippen LogP contribution is 2.27. The number of nitrogens with one attached hydrogen (secondary N) is 1. The number of nitrogens with zero attached hydrogens (tertiary/aromatic N) is 1. The summed E-state index contributed by atoms with van der Waals surface area (Å²) in [5.74, 6) is 0. The Morgan fingerprint density at radius 3 is 2.90 bits per heavy atom. The standard InChI is InChI=1S/C16H28N2OS/c1-5-6-17-16(14-9-13(4)20-11-14)15-10-18(12(2)3)7-8-19-15/h9,11-12,15-17H,5-8,10H2,1-4H3. The fourth-order valence-electron chi connectivity index (χ4n) is 2.76. The van der Waals surface area contributed by atoms with Gasteiger partial charge in [-0.2, -0.15) is 0 Å². The van der Waals surface area contributed by atoms with Crippen molar-refractivity contribution >= 4 is 11.3 Å². The molecule has 1 aliphatic rings. The molecule has 0 radical (unpaired) electrons. The van der Waals surface area contributed by atoms with Crippen LogP contribution in [0.4, 0.5) is 0 Å². The van der Waals surface area contributed by atoms with Gasteiger partial charge in [-0.15, -0.1) is 11.3 Å². The molecule has 1 aromatic rings. The van der Waals surface area contributed by atoms with Crippen LogP contribution in [0.25, 0.3) is 0 Å². The highest BCUT2D eigenvalue weighted by Gasteiger charge is 2.30. The minimum absolute atomic E-state index is 0.256. The number of ether oxygens (including phenoxy) is 1. The molecular formula is C16H28N2OS. The summed E-state index contributed by atoms with van der Waals surface area (Å²) in [5.41, 5.74) is 1.39. The van der Waals surface area contributed by atoms with Gasteiger partial charge in [0.2, 0.25) is 0 Å². The largest absolute Gasteiger partial charge is 0.374 e. The second kappa shape index (κ2) is 7.55. The van der Waals surface area contributed by atoms with Gasteiger partial charge in [-0.3, -0.25) is 4.90 Å². The van der Waals surface area contributed by atoms with E-state index in [0.29, 0.717) is 12.1 Å². The highest BCUT2D eigenvalue weighted by atomic mass is 32.1. The third kappa shape index (κ3) is 4.04. The Morgan fingerprint density at radius 2 is 2.30 bits per heavy atom. The van der Waals surface area contributed by atoms with Crippen LogP contribution in [0.5, 0.6) is 0 Å². The molecule has 1 saturated heterocycles. The van der Waals surface area contributed by atoms with Crippen molar-refractivity contribution < 1.29 is 4.74 Å². The Morgan fingerprint density at radius 1 is 1.50 bits per heavy atom. The van der Waals surface area contributed by atoms with E-state index < -0.39 is 0 Å². The molecule has 2 unspecified atom stereocenters. The van der Waals surface area contributed by atoms with E-state index >= 15 is 0 Å². The molecule has 0 aliphatic carbocycles. The summed E-state index contributed by atoms with van der Waals surface area (Å²) in [7, 11) is 0. The van der Waals surface area contributed by atoms with Gasteiger partial charge in [0, 0.05) is 24.0 Å². The summed E-state index contributed by atoms with van der Waals surface area (Å²) in [6.45, 7) is 12.9. The van der Waals surface area contributed by atoms with Crippen LogP contribution in [-0.4, -0.2) is 43.3 Å². The van der Waals surface area contributed by atoms with Gasteiger partial charge < -0.3 is 10.1 Å². The zero-order valence-corrected chi connectivity index (χ0v) is 14.0. The molecular weight excluding hydrogens is 268 g/mol. The quantitative estimate of drug-likeness (QED) is 0.872. The third-order valence-electron chi connectivity index (χ3n) is 3.95. The summed E-state index contributed by atoms with van der Waals surface area (Å²) in [6.07, 6.45) is 1.41. The lowest BCUT2D eigenvalue weighted by atomic mass is 10.0. The molecule has 0 amide bonds. The van der Waals surface area contributed by atoms with Crippen molar-refractivity contribution in [3.05, 3.63) is 21.9 Å². The third-order valence-corrected chi connectivity index (χ3v) is 4.83. The second-order valence-corrected chi connectivity index (χ2v) is 7.04. The molecule has 1 fully saturated rings. The zero-order chi connectivity index (χ0) is 14.5. The van der Waals surface area contributed by atoms with Gasteiger partial charge in [0.05, 0.1) is 18.8 Å². The van der Waals surface area contributed by atoms with Gasteiger partial charge >= 0.3 is 0 Å². The number of morpholine rings is 1. The van der Waals surface area contributed by atoms with Crippen LogP contribution in [0.1, 0.15) is 43.7 Å². The topological polar surface area (TPSA) is 24.5 Å². The molecule has 3 nitrogen and oxygen atoms in total. The van der Waals surface area contributed by atoms with Crippen molar-refractivity contribution in [1.29, 1.82) is 0 Å². The van der Waals surface area contributed by atoms with E-state index in [0.717, 1.165) is 32.7 Å². The predicted octanol–water partition coefficient (Wildman–Crippen LogP) is 3.21. The lowest BCUT2D eigenvalue weighted by Gasteiger charge is -2.39. The molecule has 2 rings (SSSR count). The maximum Gasteiger partial charge on any atom is 0.0897 e. The monoisotopic (exact) mass is 296 g/mol.